The first-order chi connectivity index (χ1) is 18.0. The van der Waals surface area contributed by atoms with E-state index in [0.717, 1.165) is 18.7 Å². The molecule has 0 aromatic rings. The van der Waals surface area contributed by atoms with Gasteiger partial charge >= 0.3 is 6.36 Å². The third-order valence-corrected chi connectivity index (χ3v) is 5.54. The van der Waals surface area contributed by atoms with Crippen molar-refractivity contribution in [1.82, 2.24) is 4.90 Å². The van der Waals surface area contributed by atoms with E-state index in [9.17, 15) is 13.2 Å². The summed E-state index contributed by atoms with van der Waals surface area (Å²) in [6.07, 6.45) is 11.4. The molecule has 0 heterocycles. The number of allylic oxidation sites excluding steroid dienone is 5. The number of aliphatic imine (C=N–C) groups is 1. The van der Waals surface area contributed by atoms with E-state index in [1.807, 2.05) is 40.8 Å². The zero-order valence-corrected chi connectivity index (χ0v) is 26.6. The first kappa shape index (κ1) is 43.0. The van der Waals surface area contributed by atoms with Crippen molar-refractivity contribution in [1.29, 1.82) is 0 Å². The Hall–Kier alpha value is -2.02. The van der Waals surface area contributed by atoms with Gasteiger partial charge in [-0.1, -0.05) is 77.7 Å². The lowest BCUT2D eigenvalue weighted by Crippen LogP contribution is -2.31. The van der Waals surface area contributed by atoms with Gasteiger partial charge in [0.15, 0.2) is 0 Å². The highest BCUT2D eigenvalue weighted by Crippen LogP contribution is 2.29. The molecule has 1 atom stereocenters. The van der Waals surface area contributed by atoms with Crippen molar-refractivity contribution < 1.29 is 22.6 Å². The van der Waals surface area contributed by atoms with E-state index in [1.54, 1.807) is 12.3 Å². The first-order valence-electron chi connectivity index (χ1n) is 13.9. The third kappa shape index (κ3) is 24.3. The summed E-state index contributed by atoms with van der Waals surface area (Å²) in [5.41, 5.74) is 4.21. The molecule has 0 saturated heterocycles. The normalized spacial score (nSPS) is 13.1. The molecule has 0 fully saturated rings. The second-order valence-corrected chi connectivity index (χ2v) is 8.28. The van der Waals surface area contributed by atoms with Crippen LogP contribution in [0.3, 0.4) is 0 Å². The Morgan fingerprint density at radius 3 is 1.95 bits per heavy atom. The van der Waals surface area contributed by atoms with Crippen molar-refractivity contribution in [3.05, 3.63) is 47.9 Å². The highest BCUT2D eigenvalue weighted by Gasteiger charge is 2.26. The van der Waals surface area contributed by atoms with Gasteiger partial charge in [0.2, 0.25) is 0 Å². The monoisotopic (exact) mass is 548 g/mol. The molecule has 226 valence electrons. The molecule has 7 heteroatoms. The Labute approximate surface area is 233 Å². The van der Waals surface area contributed by atoms with Gasteiger partial charge in [0.05, 0.1) is 6.26 Å². The highest BCUT2D eigenvalue weighted by atomic mass is 19.4. The van der Waals surface area contributed by atoms with Gasteiger partial charge in [-0.2, -0.15) is 0 Å². The second-order valence-electron chi connectivity index (χ2n) is 8.28. The molecule has 1 unspecified atom stereocenters. The summed E-state index contributed by atoms with van der Waals surface area (Å²) in [5.74, 6) is 1.72. The van der Waals surface area contributed by atoms with Crippen LogP contribution in [0.2, 0.25) is 0 Å². The van der Waals surface area contributed by atoms with Gasteiger partial charge in [0.25, 0.3) is 0 Å². The molecule has 0 aliphatic rings. The quantitative estimate of drug-likeness (QED) is 0.0754. The minimum Gasteiger partial charge on any atom is -0.497 e. The molecule has 38 heavy (non-hydrogen) atoms. The van der Waals surface area contributed by atoms with Crippen molar-refractivity contribution in [2.45, 2.75) is 114 Å². The SMILES string of the molecule is C/C=C/OC/C(=C/C)CC(=NC)N(C)C(=C(C)CC)C(CC)CCCCC.C=CC.CC.COC(F)(F)F. The largest absolute Gasteiger partial charge is 0.522 e. The van der Waals surface area contributed by atoms with Crippen molar-refractivity contribution >= 4 is 5.84 Å². The number of alkyl halides is 3. The van der Waals surface area contributed by atoms with Crippen LogP contribution >= 0.6 is 0 Å². The van der Waals surface area contributed by atoms with Crippen molar-refractivity contribution in [2.75, 3.05) is 27.8 Å². The maximum Gasteiger partial charge on any atom is 0.522 e. The van der Waals surface area contributed by atoms with Gasteiger partial charge in [-0.3, -0.25) is 9.73 Å². The fourth-order valence-corrected chi connectivity index (χ4v) is 3.44. The molecule has 0 aromatic carbocycles. The number of methoxy groups -OCH3 is 1. The van der Waals surface area contributed by atoms with E-state index >= 15 is 0 Å². The highest BCUT2D eigenvalue weighted by molar-refractivity contribution is 5.86. The van der Waals surface area contributed by atoms with Crippen molar-refractivity contribution in [3.8, 4) is 0 Å². The lowest BCUT2D eigenvalue weighted by atomic mass is 9.90. The van der Waals surface area contributed by atoms with Gasteiger partial charge in [-0.25, -0.2) is 0 Å². The van der Waals surface area contributed by atoms with E-state index in [4.69, 9.17) is 4.74 Å². The molecule has 0 bridgehead atoms. The molecule has 4 nitrogen and oxygen atoms in total. The fourth-order valence-electron chi connectivity index (χ4n) is 3.44. The van der Waals surface area contributed by atoms with E-state index < -0.39 is 6.36 Å². The Balaban J connectivity index is -0.000000443. The Bertz CT molecular complexity index is 667. The molecule has 0 amide bonds. The van der Waals surface area contributed by atoms with Crippen LogP contribution in [-0.2, 0) is 9.47 Å². The zero-order valence-electron chi connectivity index (χ0n) is 26.6. The second kappa shape index (κ2) is 29.5. The van der Waals surface area contributed by atoms with Crippen LogP contribution in [0.25, 0.3) is 0 Å². The number of nitrogens with zero attached hydrogens (tertiary/aromatic N) is 2. The van der Waals surface area contributed by atoms with E-state index in [0.29, 0.717) is 19.6 Å². The smallest absolute Gasteiger partial charge is 0.497 e. The number of hydrogen-bond acceptors (Lipinski definition) is 3. The number of rotatable bonds is 13. The minimum atomic E-state index is -4.46. The Morgan fingerprint density at radius 1 is 1.08 bits per heavy atom. The molecule has 0 rings (SSSR count). The fraction of sp³-hybridized carbons (Fsp3) is 0.710. The van der Waals surface area contributed by atoms with Crippen LogP contribution in [0.5, 0.6) is 0 Å². The molecular weight excluding hydrogens is 489 g/mol. The summed E-state index contributed by atoms with van der Waals surface area (Å²) < 4.78 is 40.2. The maximum atomic E-state index is 10.6. The summed E-state index contributed by atoms with van der Waals surface area (Å²) in [6.45, 7) is 23.1. The molecule has 0 saturated carbocycles. The van der Waals surface area contributed by atoms with Crippen molar-refractivity contribution in [3.63, 3.8) is 0 Å². The average Bonchev–Trinajstić information content (AvgIpc) is 2.91. The van der Waals surface area contributed by atoms with Crippen LogP contribution in [0, 0.1) is 5.92 Å². The Kier molecular flexibility index (Phi) is 33.5. The first-order valence-corrected chi connectivity index (χ1v) is 13.9. The molecule has 0 aliphatic heterocycles. The lowest BCUT2D eigenvalue weighted by Gasteiger charge is -2.32. The third-order valence-electron chi connectivity index (χ3n) is 5.54. The van der Waals surface area contributed by atoms with E-state index in [2.05, 4.69) is 69.0 Å². The topological polar surface area (TPSA) is 34.1 Å². The zero-order chi connectivity index (χ0) is 30.6. The summed E-state index contributed by atoms with van der Waals surface area (Å²) in [5, 5.41) is 0. The molecule has 0 aliphatic carbocycles. The predicted octanol–water partition coefficient (Wildman–Crippen LogP) is 10.5. The van der Waals surface area contributed by atoms with Gasteiger partial charge < -0.3 is 9.64 Å². The molecule has 0 radical (unpaired) electrons. The summed E-state index contributed by atoms with van der Waals surface area (Å²) >= 11 is 0. The maximum absolute atomic E-state index is 10.6. The molecule has 0 N–H and O–H groups in total. The predicted molar refractivity (Wildman–Crippen MR) is 161 cm³/mol. The summed E-state index contributed by atoms with van der Waals surface area (Å²) in [7, 11) is 4.68. The Morgan fingerprint density at radius 2 is 1.61 bits per heavy atom. The van der Waals surface area contributed by atoms with Crippen LogP contribution in [0.4, 0.5) is 13.2 Å². The van der Waals surface area contributed by atoms with Gasteiger partial charge in [-0.15, -0.1) is 19.8 Å². The number of amidine groups is 1. The summed E-state index contributed by atoms with van der Waals surface area (Å²) in [4.78, 5) is 7.01. The van der Waals surface area contributed by atoms with E-state index in [1.165, 1.54) is 48.9 Å². The van der Waals surface area contributed by atoms with Crippen LogP contribution in [0.1, 0.15) is 107 Å². The van der Waals surface area contributed by atoms with Crippen LogP contribution < -0.4 is 0 Å². The van der Waals surface area contributed by atoms with Crippen LogP contribution in [-0.4, -0.2) is 44.9 Å². The van der Waals surface area contributed by atoms with Crippen molar-refractivity contribution in [2.24, 2.45) is 10.9 Å². The standard InChI is InChI=1S/C24H44N2O.C3H6.C2H3F3O.C2H6/c1-9-14-15-16-22(13-5)24(20(6)11-3)26(8)23(25-7)18-21(12-4)19-27-17-10-2;1-3-2;1-6-2(3,4)5;1-2/h10,12,17,22H,9,11,13-16,18-19H2,1-8H3;3H,1H2,2H3;1H3;1-2H3/b17-10+,21-12+,24-20?,25-23?;;;. The molecule has 0 aromatic heterocycles. The molecular formula is C31H59F3N2O2. The van der Waals surface area contributed by atoms with Gasteiger partial charge in [0, 0.05) is 33.3 Å². The number of unbranched alkanes of at least 4 members (excludes halogenated alkanes) is 2. The summed E-state index contributed by atoms with van der Waals surface area (Å²) in [6, 6.07) is 0. The number of ether oxygens (including phenoxy) is 2. The number of halogens is 3. The van der Waals surface area contributed by atoms with Gasteiger partial charge in [0.1, 0.15) is 12.4 Å². The average molecular weight is 549 g/mol. The number of hydrogen-bond donors (Lipinski definition) is 0. The minimum absolute atomic E-state index is 0.583. The van der Waals surface area contributed by atoms with Crippen LogP contribution in [0.15, 0.2) is 52.9 Å². The molecule has 0 spiro atoms. The lowest BCUT2D eigenvalue weighted by molar-refractivity contribution is -0.311. The van der Waals surface area contributed by atoms with E-state index in [-0.39, 0.29) is 0 Å². The van der Waals surface area contributed by atoms with Gasteiger partial charge in [-0.05, 0) is 58.4 Å².